The molecular weight excluding hydrogens is 318 g/mol. The Kier molecular flexibility index (Phi) is 4.65. The Hall–Kier alpha value is -2.40. The number of fused-ring (bicyclic) bond motifs is 1. The predicted octanol–water partition coefficient (Wildman–Crippen LogP) is 3.20. The number of piperidine rings is 1. The van der Waals surface area contributed by atoms with Gasteiger partial charge in [-0.05, 0) is 48.7 Å². The van der Waals surface area contributed by atoms with Crippen LogP contribution in [0.3, 0.4) is 0 Å². The zero-order valence-corrected chi connectivity index (χ0v) is 14.4. The van der Waals surface area contributed by atoms with E-state index in [0.29, 0.717) is 18.4 Å². The molecule has 0 radical (unpaired) electrons. The van der Waals surface area contributed by atoms with E-state index in [9.17, 15) is 0 Å². The summed E-state index contributed by atoms with van der Waals surface area (Å²) in [5.74, 6) is 4.16. The van der Waals surface area contributed by atoms with Gasteiger partial charge >= 0.3 is 0 Å². The van der Waals surface area contributed by atoms with E-state index >= 15 is 0 Å². The zero-order chi connectivity index (χ0) is 17.1. The summed E-state index contributed by atoms with van der Waals surface area (Å²) in [6, 6.07) is 14.1. The van der Waals surface area contributed by atoms with E-state index in [-0.39, 0.29) is 6.79 Å². The number of methoxy groups -OCH3 is 1. The Labute approximate surface area is 147 Å². The third kappa shape index (κ3) is 3.51. The van der Waals surface area contributed by atoms with Crippen molar-refractivity contribution in [1.29, 1.82) is 0 Å². The number of hydrogen-bond donors (Lipinski definition) is 1. The number of ether oxygens (including phenoxy) is 4. The van der Waals surface area contributed by atoms with Gasteiger partial charge < -0.3 is 24.3 Å². The summed E-state index contributed by atoms with van der Waals surface area (Å²) in [6.07, 6.45) is 1.11. The highest BCUT2D eigenvalue weighted by molar-refractivity contribution is 5.46. The van der Waals surface area contributed by atoms with Crippen molar-refractivity contribution in [2.45, 2.75) is 12.3 Å². The van der Waals surface area contributed by atoms with Crippen LogP contribution in [0.25, 0.3) is 0 Å². The van der Waals surface area contributed by atoms with Crippen molar-refractivity contribution >= 4 is 0 Å². The number of nitrogens with one attached hydrogen (secondary N) is 1. The van der Waals surface area contributed by atoms with Crippen molar-refractivity contribution in [3.05, 3.63) is 48.0 Å². The molecule has 5 nitrogen and oxygen atoms in total. The first-order valence-electron chi connectivity index (χ1n) is 8.70. The average molecular weight is 341 g/mol. The fraction of sp³-hybridized carbons (Fsp3) is 0.400. The van der Waals surface area contributed by atoms with Crippen LogP contribution >= 0.6 is 0 Å². The van der Waals surface area contributed by atoms with Crippen molar-refractivity contribution in [2.75, 3.05) is 33.6 Å². The highest BCUT2D eigenvalue weighted by atomic mass is 16.7. The number of hydrogen-bond acceptors (Lipinski definition) is 5. The predicted molar refractivity (Wildman–Crippen MR) is 94.8 cm³/mol. The van der Waals surface area contributed by atoms with Gasteiger partial charge in [0.15, 0.2) is 11.5 Å². The minimum Gasteiger partial charge on any atom is -0.497 e. The molecule has 2 aromatic rings. The summed E-state index contributed by atoms with van der Waals surface area (Å²) >= 11 is 0. The Morgan fingerprint density at radius 3 is 2.68 bits per heavy atom. The first kappa shape index (κ1) is 16.1. The molecule has 0 bridgehead atoms. The fourth-order valence-electron chi connectivity index (χ4n) is 3.56. The van der Waals surface area contributed by atoms with Gasteiger partial charge in [0.25, 0.3) is 0 Å². The van der Waals surface area contributed by atoms with Gasteiger partial charge in [-0.25, -0.2) is 0 Å². The zero-order valence-electron chi connectivity index (χ0n) is 14.4. The Bertz CT molecular complexity index is 716. The summed E-state index contributed by atoms with van der Waals surface area (Å²) in [6.45, 7) is 2.95. The van der Waals surface area contributed by atoms with Crippen LogP contribution < -0.4 is 24.3 Å². The van der Waals surface area contributed by atoms with Crippen molar-refractivity contribution in [3.63, 3.8) is 0 Å². The minimum absolute atomic E-state index is 0.283. The van der Waals surface area contributed by atoms with Crippen molar-refractivity contribution in [1.82, 2.24) is 5.32 Å². The molecule has 25 heavy (non-hydrogen) atoms. The molecule has 132 valence electrons. The SMILES string of the molecule is COc1ccc([C@@H]2CCNC[C@H]2COc2ccc3c(c2)OCO3)cc1. The van der Waals surface area contributed by atoms with Crippen LogP contribution in [-0.2, 0) is 0 Å². The third-order valence-corrected chi connectivity index (χ3v) is 4.96. The topological polar surface area (TPSA) is 49.0 Å². The van der Waals surface area contributed by atoms with Crippen LogP contribution in [0, 0.1) is 5.92 Å². The quantitative estimate of drug-likeness (QED) is 0.905. The monoisotopic (exact) mass is 341 g/mol. The standard InChI is InChI=1S/C20H23NO4/c1-22-16-4-2-14(3-5-16)18-8-9-21-11-15(18)12-23-17-6-7-19-20(10-17)25-13-24-19/h2-7,10,15,18,21H,8-9,11-13H2,1H3/t15-,18-/m0/s1. The Morgan fingerprint density at radius 2 is 1.84 bits per heavy atom. The van der Waals surface area contributed by atoms with Gasteiger partial charge in [0.2, 0.25) is 6.79 Å². The van der Waals surface area contributed by atoms with Crippen molar-refractivity contribution in [2.24, 2.45) is 5.92 Å². The molecule has 1 saturated heterocycles. The second-order valence-corrected chi connectivity index (χ2v) is 6.46. The molecule has 0 amide bonds. The van der Waals surface area contributed by atoms with E-state index in [1.54, 1.807) is 7.11 Å². The van der Waals surface area contributed by atoms with E-state index in [4.69, 9.17) is 18.9 Å². The molecule has 0 unspecified atom stereocenters. The smallest absolute Gasteiger partial charge is 0.231 e. The van der Waals surface area contributed by atoms with E-state index < -0.39 is 0 Å². The summed E-state index contributed by atoms with van der Waals surface area (Å²) in [5, 5.41) is 3.49. The molecule has 2 aromatic carbocycles. The van der Waals surface area contributed by atoms with Crippen LogP contribution in [0.4, 0.5) is 0 Å². The maximum atomic E-state index is 6.07. The molecule has 2 aliphatic heterocycles. The normalized spacial score (nSPS) is 21.8. The molecule has 1 N–H and O–H groups in total. The van der Waals surface area contributed by atoms with Crippen LogP contribution in [0.15, 0.2) is 42.5 Å². The largest absolute Gasteiger partial charge is 0.497 e. The lowest BCUT2D eigenvalue weighted by molar-refractivity contribution is 0.173. The molecule has 0 aromatic heterocycles. The number of benzene rings is 2. The van der Waals surface area contributed by atoms with Gasteiger partial charge in [0.1, 0.15) is 11.5 Å². The van der Waals surface area contributed by atoms with Gasteiger partial charge in [-0.3, -0.25) is 0 Å². The lowest BCUT2D eigenvalue weighted by atomic mass is 9.81. The van der Waals surface area contributed by atoms with Gasteiger partial charge in [-0.1, -0.05) is 12.1 Å². The summed E-state index contributed by atoms with van der Waals surface area (Å²) in [4.78, 5) is 0. The van der Waals surface area contributed by atoms with E-state index in [1.165, 1.54) is 5.56 Å². The van der Waals surface area contributed by atoms with Crippen molar-refractivity contribution < 1.29 is 18.9 Å². The summed E-state index contributed by atoms with van der Waals surface area (Å²) in [7, 11) is 1.70. The average Bonchev–Trinajstić information content (AvgIpc) is 3.14. The molecule has 4 rings (SSSR count). The fourth-order valence-corrected chi connectivity index (χ4v) is 3.56. The van der Waals surface area contributed by atoms with Gasteiger partial charge in [0.05, 0.1) is 13.7 Å². The molecule has 1 fully saturated rings. The molecule has 0 aliphatic carbocycles. The van der Waals surface area contributed by atoms with Crippen LogP contribution in [-0.4, -0.2) is 33.6 Å². The lowest BCUT2D eigenvalue weighted by Gasteiger charge is -2.32. The van der Waals surface area contributed by atoms with E-state index in [2.05, 4.69) is 17.4 Å². The molecule has 2 atom stereocenters. The van der Waals surface area contributed by atoms with Crippen LogP contribution in [0.2, 0.25) is 0 Å². The van der Waals surface area contributed by atoms with E-state index in [0.717, 1.165) is 42.5 Å². The lowest BCUT2D eigenvalue weighted by Crippen LogP contribution is -2.38. The maximum absolute atomic E-state index is 6.07. The third-order valence-electron chi connectivity index (χ3n) is 4.96. The molecule has 2 aliphatic rings. The van der Waals surface area contributed by atoms with Crippen LogP contribution in [0.1, 0.15) is 17.9 Å². The van der Waals surface area contributed by atoms with Gasteiger partial charge in [-0.15, -0.1) is 0 Å². The molecule has 5 heteroatoms. The molecule has 2 heterocycles. The Balaban J connectivity index is 1.43. The molecule has 0 spiro atoms. The minimum atomic E-state index is 0.283. The highest BCUT2D eigenvalue weighted by Gasteiger charge is 2.27. The second kappa shape index (κ2) is 7.23. The number of rotatable bonds is 5. The summed E-state index contributed by atoms with van der Waals surface area (Å²) < 4.78 is 22.1. The first-order chi connectivity index (χ1) is 12.3. The molecular formula is C20H23NO4. The maximum Gasteiger partial charge on any atom is 0.231 e. The van der Waals surface area contributed by atoms with Crippen molar-refractivity contribution in [3.8, 4) is 23.0 Å². The molecule has 0 saturated carbocycles. The van der Waals surface area contributed by atoms with Crippen LogP contribution in [0.5, 0.6) is 23.0 Å². The van der Waals surface area contributed by atoms with Gasteiger partial charge in [0, 0.05) is 18.5 Å². The van der Waals surface area contributed by atoms with Gasteiger partial charge in [-0.2, -0.15) is 0 Å². The summed E-state index contributed by atoms with van der Waals surface area (Å²) in [5.41, 5.74) is 1.35. The van der Waals surface area contributed by atoms with E-state index in [1.807, 2.05) is 30.3 Å². The second-order valence-electron chi connectivity index (χ2n) is 6.46. The Morgan fingerprint density at radius 1 is 1.04 bits per heavy atom. The highest BCUT2D eigenvalue weighted by Crippen LogP contribution is 2.36. The first-order valence-corrected chi connectivity index (χ1v) is 8.70.